The first-order valence-electron chi connectivity index (χ1n) is 7.34. The Kier molecular flexibility index (Phi) is 4.13. The Hall–Kier alpha value is -3.01. The minimum atomic E-state index is -1.18. The van der Waals surface area contributed by atoms with Crippen LogP contribution in [0.3, 0.4) is 0 Å². The third kappa shape index (κ3) is 3.04. The third-order valence-electron chi connectivity index (χ3n) is 3.87. The summed E-state index contributed by atoms with van der Waals surface area (Å²) in [4.78, 5) is 27.0. The molecule has 1 aliphatic heterocycles. The number of rotatable bonds is 4. The first-order valence-corrected chi connectivity index (χ1v) is 7.34. The Labute approximate surface area is 137 Å². The summed E-state index contributed by atoms with van der Waals surface area (Å²) in [6, 6.07) is 5.76. The number of aromatic carboxylic acids is 1. The van der Waals surface area contributed by atoms with E-state index in [0.717, 1.165) is 17.9 Å². The van der Waals surface area contributed by atoms with E-state index in [-0.39, 0.29) is 17.2 Å². The largest absolute Gasteiger partial charge is 0.476 e. The van der Waals surface area contributed by atoms with Crippen LogP contribution in [0.2, 0.25) is 0 Å². The average molecular weight is 332 g/mol. The molecule has 24 heavy (non-hydrogen) atoms. The highest BCUT2D eigenvalue weighted by atomic mass is 16.6. The zero-order chi connectivity index (χ0) is 17.3. The molecule has 0 atom stereocenters. The molecule has 10 heteroatoms. The van der Waals surface area contributed by atoms with E-state index in [1.54, 1.807) is 6.07 Å². The minimum absolute atomic E-state index is 0.108. The number of non-ortho nitro benzene ring substituents is 1. The molecule has 1 N–H and O–H groups in total. The second kappa shape index (κ2) is 6.24. The first-order chi connectivity index (χ1) is 11.5. The van der Waals surface area contributed by atoms with Gasteiger partial charge >= 0.3 is 5.97 Å². The minimum Gasteiger partial charge on any atom is -0.476 e. The molecule has 0 spiro atoms. The number of anilines is 1. The zero-order valence-electron chi connectivity index (χ0n) is 13.0. The van der Waals surface area contributed by atoms with E-state index in [1.165, 1.54) is 18.2 Å². The van der Waals surface area contributed by atoms with Crippen molar-refractivity contribution in [2.75, 3.05) is 38.1 Å². The Bertz CT molecular complexity index is 781. The molecule has 3 rings (SSSR count). The van der Waals surface area contributed by atoms with Gasteiger partial charge in [0.05, 0.1) is 10.6 Å². The highest BCUT2D eigenvalue weighted by molar-refractivity contribution is 5.91. The predicted molar refractivity (Wildman–Crippen MR) is 84.7 cm³/mol. The predicted octanol–water partition coefficient (Wildman–Crippen LogP) is 0.625. The molecule has 0 saturated carbocycles. The van der Waals surface area contributed by atoms with Crippen LogP contribution in [0.5, 0.6) is 0 Å². The van der Waals surface area contributed by atoms with E-state index in [1.807, 2.05) is 11.9 Å². The lowest BCUT2D eigenvalue weighted by Gasteiger charge is -2.32. The van der Waals surface area contributed by atoms with Crippen molar-refractivity contribution in [1.82, 2.24) is 19.9 Å². The number of hydrogen-bond acceptors (Lipinski definition) is 7. The Balaban J connectivity index is 1.98. The molecule has 126 valence electrons. The quantitative estimate of drug-likeness (QED) is 0.640. The SMILES string of the molecule is CN1CCN(c2nn(-c3cccc([N+](=O)[O-])c3)nc2C(=O)O)CC1. The van der Waals surface area contributed by atoms with Crippen molar-refractivity contribution < 1.29 is 14.8 Å². The van der Waals surface area contributed by atoms with Crippen LogP contribution < -0.4 is 4.90 Å². The molecule has 0 bridgehead atoms. The van der Waals surface area contributed by atoms with Crippen LogP contribution in [0.25, 0.3) is 5.69 Å². The van der Waals surface area contributed by atoms with Gasteiger partial charge in [-0.25, -0.2) is 4.79 Å². The summed E-state index contributed by atoms with van der Waals surface area (Å²) in [6.45, 7) is 2.88. The van der Waals surface area contributed by atoms with Crippen molar-refractivity contribution in [3.05, 3.63) is 40.1 Å². The van der Waals surface area contributed by atoms with Crippen LogP contribution in [0.15, 0.2) is 24.3 Å². The lowest BCUT2D eigenvalue weighted by atomic mass is 10.3. The molecule has 0 amide bonds. The van der Waals surface area contributed by atoms with E-state index in [9.17, 15) is 20.0 Å². The van der Waals surface area contributed by atoms with Gasteiger partial charge in [-0.3, -0.25) is 10.1 Å². The van der Waals surface area contributed by atoms with Crippen LogP contribution in [0.1, 0.15) is 10.5 Å². The molecule has 2 heterocycles. The van der Waals surface area contributed by atoms with Crippen molar-refractivity contribution in [2.45, 2.75) is 0 Å². The number of benzene rings is 1. The molecule has 0 radical (unpaired) electrons. The lowest BCUT2D eigenvalue weighted by molar-refractivity contribution is -0.384. The zero-order valence-corrected chi connectivity index (χ0v) is 13.0. The monoisotopic (exact) mass is 332 g/mol. The van der Waals surface area contributed by atoms with E-state index < -0.39 is 10.9 Å². The van der Waals surface area contributed by atoms with Crippen LogP contribution in [-0.4, -0.2) is 69.1 Å². The second-order valence-electron chi connectivity index (χ2n) is 5.53. The summed E-state index contributed by atoms with van der Waals surface area (Å²) in [5.41, 5.74) is 0.0703. The number of carboxylic acids is 1. The number of nitro benzene ring substituents is 1. The number of nitrogens with zero attached hydrogens (tertiary/aromatic N) is 6. The standard InChI is InChI=1S/C14H16N6O4/c1-17-5-7-18(8-6-17)13-12(14(21)22)15-19(16-13)10-3-2-4-11(9-10)20(23)24/h2-4,9H,5-8H2,1H3,(H,21,22). The summed E-state index contributed by atoms with van der Waals surface area (Å²) in [6.07, 6.45) is 0. The Morgan fingerprint density at radius 2 is 1.96 bits per heavy atom. The molecule has 2 aromatic rings. The highest BCUT2D eigenvalue weighted by Gasteiger charge is 2.26. The second-order valence-corrected chi connectivity index (χ2v) is 5.53. The summed E-state index contributed by atoms with van der Waals surface area (Å²) >= 11 is 0. The molecule has 1 fully saturated rings. The molecule has 0 unspecified atom stereocenters. The van der Waals surface area contributed by atoms with Crippen LogP contribution >= 0.6 is 0 Å². The van der Waals surface area contributed by atoms with E-state index in [2.05, 4.69) is 15.1 Å². The average Bonchev–Trinajstić information content (AvgIpc) is 3.01. The Morgan fingerprint density at radius 3 is 2.58 bits per heavy atom. The van der Waals surface area contributed by atoms with Crippen molar-refractivity contribution >= 4 is 17.5 Å². The van der Waals surface area contributed by atoms with Gasteiger partial charge in [0, 0.05) is 38.3 Å². The molecule has 1 aliphatic rings. The maximum Gasteiger partial charge on any atom is 0.360 e. The highest BCUT2D eigenvalue weighted by Crippen LogP contribution is 2.21. The van der Waals surface area contributed by atoms with Crippen LogP contribution in [-0.2, 0) is 0 Å². The van der Waals surface area contributed by atoms with E-state index >= 15 is 0 Å². The number of piperazine rings is 1. The number of nitro groups is 1. The van der Waals surface area contributed by atoms with Gasteiger partial charge in [-0.05, 0) is 13.1 Å². The van der Waals surface area contributed by atoms with Crippen molar-refractivity contribution in [2.24, 2.45) is 0 Å². The van der Waals surface area contributed by atoms with Gasteiger partial charge in [0.1, 0.15) is 0 Å². The first kappa shape index (κ1) is 15.9. The molecule has 1 aromatic carbocycles. The molecule has 1 saturated heterocycles. The summed E-state index contributed by atoms with van der Waals surface area (Å²) < 4.78 is 0. The molecule has 10 nitrogen and oxygen atoms in total. The number of carboxylic acid groups (broad SMARTS) is 1. The number of aromatic nitrogens is 3. The van der Waals surface area contributed by atoms with Crippen LogP contribution in [0.4, 0.5) is 11.5 Å². The topological polar surface area (TPSA) is 118 Å². The van der Waals surface area contributed by atoms with Gasteiger partial charge in [-0.15, -0.1) is 15.0 Å². The van der Waals surface area contributed by atoms with Crippen molar-refractivity contribution in [3.8, 4) is 5.69 Å². The lowest BCUT2D eigenvalue weighted by Crippen LogP contribution is -2.45. The molecular formula is C14H16N6O4. The fourth-order valence-corrected chi connectivity index (χ4v) is 2.52. The summed E-state index contributed by atoms with van der Waals surface area (Å²) in [5, 5.41) is 28.5. The van der Waals surface area contributed by atoms with Gasteiger partial charge < -0.3 is 14.9 Å². The van der Waals surface area contributed by atoms with Gasteiger partial charge in [0.25, 0.3) is 5.69 Å². The smallest absolute Gasteiger partial charge is 0.360 e. The molecular weight excluding hydrogens is 316 g/mol. The van der Waals surface area contributed by atoms with E-state index in [0.29, 0.717) is 18.8 Å². The number of hydrogen-bond donors (Lipinski definition) is 1. The maximum absolute atomic E-state index is 11.5. The van der Waals surface area contributed by atoms with Crippen molar-refractivity contribution in [1.29, 1.82) is 0 Å². The summed E-state index contributed by atoms with van der Waals surface area (Å²) in [7, 11) is 2.00. The number of likely N-dealkylation sites (N-methyl/N-ethyl adjacent to an activating group) is 1. The molecule has 0 aliphatic carbocycles. The fourth-order valence-electron chi connectivity index (χ4n) is 2.52. The third-order valence-corrected chi connectivity index (χ3v) is 3.87. The van der Waals surface area contributed by atoms with Gasteiger partial charge in [-0.2, -0.15) is 0 Å². The molecule has 1 aromatic heterocycles. The van der Waals surface area contributed by atoms with E-state index in [4.69, 9.17) is 0 Å². The number of carbonyl (C=O) groups is 1. The van der Waals surface area contributed by atoms with Gasteiger partial charge in [0.2, 0.25) is 5.69 Å². The normalized spacial score (nSPS) is 15.5. The van der Waals surface area contributed by atoms with Crippen LogP contribution in [0, 0.1) is 10.1 Å². The maximum atomic E-state index is 11.5. The van der Waals surface area contributed by atoms with Crippen molar-refractivity contribution in [3.63, 3.8) is 0 Å². The van der Waals surface area contributed by atoms with Gasteiger partial charge in [0.15, 0.2) is 5.82 Å². The Morgan fingerprint density at radius 1 is 1.25 bits per heavy atom. The summed E-state index contributed by atoms with van der Waals surface area (Å²) in [5.74, 6) is -0.900. The fraction of sp³-hybridized carbons (Fsp3) is 0.357. The van der Waals surface area contributed by atoms with Gasteiger partial charge in [-0.1, -0.05) is 6.07 Å².